The molecular formula is C76H40N4OS2. The molecule has 0 N–H and O–H groups in total. The van der Waals surface area contributed by atoms with E-state index in [1.54, 1.807) is 0 Å². The Balaban J connectivity index is 0.759. The van der Waals surface area contributed by atoms with Gasteiger partial charge in [0, 0.05) is 70.0 Å². The molecule has 0 amide bonds. The van der Waals surface area contributed by atoms with Crippen molar-refractivity contribution in [2.75, 3.05) is 0 Å². The largest absolute Gasteiger partial charge is 0.455 e. The monoisotopic (exact) mass is 1090 g/mol. The van der Waals surface area contributed by atoms with Crippen LogP contribution in [0.5, 0.6) is 0 Å². The highest BCUT2D eigenvalue weighted by Gasteiger charge is 2.27. The average molecular weight is 1090 g/mol. The smallest absolute Gasteiger partial charge is 0.145 e. The van der Waals surface area contributed by atoms with Crippen LogP contribution in [0.25, 0.3) is 194 Å². The van der Waals surface area contributed by atoms with E-state index in [9.17, 15) is 0 Å². The zero-order valence-corrected chi connectivity index (χ0v) is 45.7. The molecule has 0 spiro atoms. The molecule has 0 atom stereocenters. The minimum Gasteiger partial charge on any atom is -0.455 e. The molecule has 0 aliphatic carbocycles. The van der Waals surface area contributed by atoms with Crippen LogP contribution in [0.1, 0.15) is 0 Å². The Bertz CT molecular complexity index is 6390. The maximum Gasteiger partial charge on any atom is 0.145 e. The lowest BCUT2D eigenvalue weighted by molar-refractivity contribution is 0.673. The van der Waals surface area contributed by atoms with Gasteiger partial charge in [-0.15, -0.1) is 0 Å². The van der Waals surface area contributed by atoms with Crippen molar-refractivity contribution in [2.45, 2.75) is 0 Å². The molecular weight excluding hydrogens is 1050 g/mol. The summed E-state index contributed by atoms with van der Waals surface area (Å²) in [5.74, 6) is 0. The average Bonchev–Trinajstić information content (AvgIpc) is 2.17. The summed E-state index contributed by atoms with van der Waals surface area (Å²) >= 11 is 3.76. The van der Waals surface area contributed by atoms with Crippen LogP contribution < -0.4 is 0 Å². The van der Waals surface area contributed by atoms with E-state index in [0.29, 0.717) is 0 Å². The van der Waals surface area contributed by atoms with E-state index in [2.05, 4.69) is 261 Å². The number of fused-ring (bicyclic) bond motifs is 22. The van der Waals surface area contributed by atoms with Crippen molar-refractivity contribution in [3.8, 4) is 32.3 Å². The lowest BCUT2D eigenvalue weighted by atomic mass is 9.91. The molecule has 0 bridgehead atoms. The summed E-state index contributed by atoms with van der Waals surface area (Å²) < 4.78 is 16.8. The van der Waals surface area contributed by atoms with E-state index in [0.717, 1.165) is 32.8 Å². The van der Waals surface area contributed by atoms with Crippen LogP contribution in [0.4, 0.5) is 0 Å². The summed E-state index contributed by atoms with van der Waals surface area (Å²) in [6.45, 7) is 0. The predicted molar refractivity (Wildman–Crippen MR) is 353 cm³/mol. The topological polar surface area (TPSA) is 31.8 Å². The van der Waals surface area contributed by atoms with Crippen molar-refractivity contribution >= 4 is 185 Å². The summed E-state index contributed by atoms with van der Waals surface area (Å²) in [6, 6.07) is 90.7. The van der Waals surface area contributed by atoms with Crippen molar-refractivity contribution < 1.29 is 4.42 Å². The van der Waals surface area contributed by atoms with Gasteiger partial charge in [-0.2, -0.15) is 0 Å². The van der Waals surface area contributed by atoms with E-state index in [4.69, 9.17) is 4.42 Å². The van der Waals surface area contributed by atoms with Gasteiger partial charge in [0.05, 0.1) is 49.5 Å². The van der Waals surface area contributed by atoms with Crippen LogP contribution in [-0.2, 0) is 0 Å². The number of pyridine rings is 2. The van der Waals surface area contributed by atoms with Crippen molar-refractivity contribution in [1.82, 2.24) is 17.9 Å². The normalized spacial score (nSPS) is 12.8. The zero-order valence-electron chi connectivity index (χ0n) is 44.1. The van der Waals surface area contributed by atoms with Gasteiger partial charge < -0.3 is 13.6 Å². The van der Waals surface area contributed by atoms with Crippen molar-refractivity contribution in [1.29, 1.82) is 0 Å². The highest BCUT2D eigenvalue weighted by molar-refractivity contribution is 7.21. The summed E-state index contributed by atoms with van der Waals surface area (Å²) in [5.41, 5.74) is 16.5. The van der Waals surface area contributed by atoms with Gasteiger partial charge in [-0.05, 0) is 123 Å². The van der Waals surface area contributed by atoms with Gasteiger partial charge in [-0.25, -0.2) is 0 Å². The summed E-state index contributed by atoms with van der Waals surface area (Å²) in [5, 5.41) is 24.9. The van der Waals surface area contributed by atoms with Gasteiger partial charge in [0.15, 0.2) is 0 Å². The third-order valence-corrected chi connectivity index (χ3v) is 20.9. The van der Waals surface area contributed by atoms with Crippen LogP contribution in [0.15, 0.2) is 247 Å². The Morgan fingerprint density at radius 2 is 0.807 bits per heavy atom. The first-order chi connectivity index (χ1) is 41.2. The molecule has 9 heterocycles. The minimum atomic E-state index is 0.914. The molecule has 0 aliphatic rings. The summed E-state index contributed by atoms with van der Waals surface area (Å²) in [6.07, 6.45) is 0. The number of furan rings is 1. The number of nitrogens with zero attached hydrogens (tertiary/aromatic N) is 4. The number of rotatable bonds is 4. The van der Waals surface area contributed by atoms with Gasteiger partial charge in [0.25, 0.3) is 0 Å². The number of hydrogen-bond donors (Lipinski definition) is 0. The number of para-hydroxylation sites is 5. The number of hydrogen-bond acceptors (Lipinski definition) is 3. The van der Waals surface area contributed by atoms with Gasteiger partial charge in [-0.1, -0.05) is 186 Å². The predicted octanol–water partition coefficient (Wildman–Crippen LogP) is 21.8. The van der Waals surface area contributed by atoms with Crippen molar-refractivity contribution in [2.24, 2.45) is 0 Å². The molecule has 0 saturated carbocycles. The first-order valence-corrected chi connectivity index (χ1v) is 30.0. The van der Waals surface area contributed by atoms with E-state index in [1.807, 2.05) is 22.7 Å². The molecule has 12 aromatic carbocycles. The van der Waals surface area contributed by atoms with Crippen molar-refractivity contribution in [3.05, 3.63) is 243 Å². The molecule has 0 unspecified atom stereocenters. The zero-order chi connectivity index (χ0) is 53.5. The lowest BCUT2D eigenvalue weighted by Crippen LogP contribution is -1.91. The lowest BCUT2D eigenvalue weighted by Gasteiger charge is -2.15. The van der Waals surface area contributed by atoms with E-state index in [1.165, 1.54) is 161 Å². The molecule has 5 nitrogen and oxygen atoms in total. The van der Waals surface area contributed by atoms with Crippen LogP contribution in [-0.4, -0.2) is 17.9 Å². The Morgan fingerprint density at radius 1 is 0.277 bits per heavy atom. The Labute approximate surface area is 478 Å². The molecule has 0 aliphatic heterocycles. The molecule has 0 radical (unpaired) electrons. The fraction of sp³-hybridized carbons (Fsp3) is 0. The summed E-state index contributed by atoms with van der Waals surface area (Å²) in [4.78, 5) is 2.51. The molecule has 7 heteroatoms. The molecule has 21 rings (SSSR count). The highest BCUT2D eigenvalue weighted by atomic mass is 32.1. The van der Waals surface area contributed by atoms with E-state index < -0.39 is 0 Å². The van der Waals surface area contributed by atoms with Gasteiger partial charge in [-0.3, -0.25) is 8.80 Å². The number of thiophene rings is 2. The SMILES string of the molecule is c1cc(-c2ccc3c(c2)c2ccc4cccc5c6cc(-n7c8ccccc8c8c9oc%10ccccc%10c9ccc87)sc6n3c2c45)cc(-c2cc3c4ccccc4n4c5sc(-n6c7ccccc7c7ccccc76)cc5c5cccc2c5c34)c1. The maximum atomic E-state index is 6.71. The quantitative estimate of drug-likeness (QED) is 0.173. The van der Waals surface area contributed by atoms with Crippen LogP contribution in [0.2, 0.25) is 0 Å². The molecule has 0 fully saturated rings. The molecule has 83 heavy (non-hydrogen) atoms. The molecule has 21 aromatic rings. The van der Waals surface area contributed by atoms with Crippen LogP contribution in [0.3, 0.4) is 0 Å². The fourth-order valence-corrected chi connectivity index (χ4v) is 17.7. The minimum absolute atomic E-state index is 0.914. The fourth-order valence-electron chi connectivity index (χ4n) is 15.3. The van der Waals surface area contributed by atoms with Crippen molar-refractivity contribution in [3.63, 3.8) is 0 Å². The maximum absolute atomic E-state index is 6.71. The first-order valence-electron chi connectivity index (χ1n) is 28.4. The Kier molecular flexibility index (Phi) is 8.00. The summed E-state index contributed by atoms with van der Waals surface area (Å²) in [7, 11) is 0. The third kappa shape index (κ3) is 5.39. The van der Waals surface area contributed by atoms with E-state index in [-0.39, 0.29) is 0 Å². The number of aromatic nitrogens is 4. The van der Waals surface area contributed by atoms with Crippen LogP contribution in [0, 0.1) is 0 Å². The number of benzene rings is 12. The molecule has 9 aromatic heterocycles. The third-order valence-electron chi connectivity index (χ3n) is 18.7. The standard InChI is InChI=1S/C76H40N4OS2/c1-6-25-60-45(17-1)46-18-2-7-26-61(46)77(60)67-40-59-51-24-13-23-49-55(38-57-47-19-3-8-27-62(47)79(76(59)82-67)73(57)70(49)51)44-16-11-15-42(36-44)43-31-34-64-56(37-43)52-32-30-41-14-12-22-50-58-39-68(83-75(58)80(64)72(52)69(41)50)78-63-28-9-4-21-54(63)71-65(78)35-33-53-48-20-5-10-29-66(48)81-74(53)71/h1-40H. The second kappa shape index (κ2) is 15.3. The Hall–Kier alpha value is -10.4. The molecule has 382 valence electrons. The Morgan fingerprint density at radius 3 is 1.57 bits per heavy atom. The second-order valence-electron chi connectivity index (χ2n) is 22.7. The van der Waals surface area contributed by atoms with E-state index >= 15 is 0 Å². The molecule has 0 saturated heterocycles. The van der Waals surface area contributed by atoms with Gasteiger partial charge in [0.2, 0.25) is 0 Å². The second-order valence-corrected chi connectivity index (χ2v) is 24.7. The van der Waals surface area contributed by atoms with Crippen LogP contribution >= 0.6 is 22.7 Å². The van der Waals surface area contributed by atoms with Gasteiger partial charge in [0.1, 0.15) is 30.8 Å². The first kappa shape index (κ1) is 43.4. The van der Waals surface area contributed by atoms with Gasteiger partial charge >= 0.3 is 0 Å². The highest BCUT2D eigenvalue weighted by Crippen LogP contribution is 2.51.